The Bertz CT molecular complexity index is 1880. The van der Waals surface area contributed by atoms with Crippen molar-refractivity contribution in [2.45, 2.75) is 79.3 Å². The first kappa shape index (κ1) is 34.7. The summed E-state index contributed by atoms with van der Waals surface area (Å²) in [5, 5.41) is 0. The summed E-state index contributed by atoms with van der Waals surface area (Å²) < 4.78 is 42.0. The second-order valence-electron chi connectivity index (χ2n) is 14.7. The fourth-order valence-corrected chi connectivity index (χ4v) is 6.49. The molecule has 0 unspecified atom stereocenters. The molecule has 1 amide bonds. The zero-order chi connectivity index (χ0) is 34.9. The summed E-state index contributed by atoms with van der Waals surface area (Å²) in [6.07, 6.45) is 3.76. The van der Waals surface area contributed by atoms with Gasteiger partial charge in [0.1, 0.15) is 12.4 Å². The maximum atomic E-state index is 14.4. The molecule has 0 spiro atoms. The lowest BCUT2D eigenvalue weighted by molar-refractivity contribution is 0.0505. The van der Waals surface area contributed by atoms with E-state index in [1.165, 1.54) is 12.1 Å². The van der Waals surface area contributed by atoms with Crippen molar-refractivity contribution in [2.75, 3.05) is 17.9 Å². The molecule has 12 heteroatoms. The van der Waals surface area contributed by atoms with Gasteiger partial charge in [-0.3, -0.25) is 4.79 Å². The minimum absolute atomic E-state index is 0.0367. The third-order valence-electron chi connectivity index (χ3n) is 7.70. The van der Waals surface area contributed by atoms with E-state index >= 15 is 0 Å². The predicted molar refractivity (Wildman–Crippen MR) is 184 cm³/mol. The maximum Gasteiger partial charge on any atom is 0.264 e. The van der Waals surface area contributed by atoms with Gasteiger partial charge in [0, 0.05) is 17.2 Å². The number of hydrogen-bond donors (Lipinski definition) is 1. The number of benzene rings is 2. The number of fused-ring (bicyclic) bond motifs is 4. The van der Waals surface area contributed by atoms with E-state index in [2.05, 4.69) is 66.2 Å². The zero-order valence-corrected chi connectivity index (χ0v) is 29.7. The number of amides is 1. The molecule has 2 aromatic carbocycles. The summed E-state index contributed by atoms with van der Waals surface area (Å²) in [6, 6.07) is 13.1. The predicted octanol–water partition coefficient (Wildman–Crippen LogP) is 6.62. The van der Waals surface area contributed by atoms with Gasteiger partial charge in [-0.15, -0.1) is 0 Å². The van der Waals surface area contributed by atoms with Crippen LogP contribution in [0.1, 0.15) is 75.3 Å². The van der Waals surface area contributed by atoms with E-state index in [9.17, 15) is 13.2 Å². The number of hydrogen-bond acceptors (Lipinski definition) is 9. The highest BCUT2D eigenvalue weighted by Crippen LogP contribution is 2.31. The minimum atomic E-state index is -4.18. The Kier molecular flexibility index (Phi) is 9.77. The molecule has 0 saturated carbocycles. The highest BCUT2D eigenvalue weighted by molar-refractivity contribution is 7.92. The monoisotopic (exact) mass is 672 g/mol. The van der Waals surface area contributed by atoms with Gasteiger partial charge in [-0.1, -0.05) is 65.8 Å². The maximum absolute atomic E-state index is 14.4. The number of ether oxygens (including phenoxy) is 2. The Morgan fingerprint density at radius 1 is 0.938 bits per heavy atom. The van der Waals surface area contributed by atoms with E-state index in [-0.39, 0.29) is 52.2 Å². The van der Waals surface area contributed by atoms with E-state index in [1.54, 1.807) is 35.5 Å². The van der Waals surface area contributed by atoms with Crippen LogP contribution in [0, 0.1) is 24.7 Å². The van der Waals surface area contributed by atoms with Crippen molar-refractivity contribution in [1.29, 1.82) is 0 Å². The molecule has 254 valence electrons. The fourth-order valence-electron chi connectivity index (χ4n) is 5.50. The second kappa shape index (κ2) is 13.5. The Labute approximate surface area is 283 Å². The van der Waals surface area contributed by atoms with Crippen LogP contribution in [0.5, 0.6) is 11.6 Å². The summed E-state index contributed by atoms with van der Waals surface area (Å²) in [7, 11) is -4.18. The Morgan fingerprint density at radius 3 is 2.25 bits per heavy atom. The number of carbonyl (C=O) groups excluding carboxylic acids is 1. The smallest absolute Gasteiger partial charge is 0.264 e. The molecule has 1 aliphatic heterocycles. The standard InChI is InChI=1S/C36H44N6O5S/c1-23-11-9-12-24(2)32(23)29-16-31-40-34(39-29)41-48(44,45)28-14-10-13-25(15-28)33(43)42(26(21-46-31)17-35(3,4)5)20-30-37-18-27(19-38-30)47-22-36(6,7)8/h9-16,18-19,26H,17,20-22H2,1-8H3,(H,39,40,41)/t26-/m1/s1. The van der Waals surface area contributed by atoms with Crippen LogP contribution in [0.3, 0.4) is 0 Å². The summed E-state index contributed by atoms with van der Waals surface area (Å²) in [5.41, 5.74) is 3.26. The van der Waals surface area contributed by atoms with Crippen LogP contribution in [-0.2, 0) is 16.6 Å². The molecule has 48 heavy (non-hydrogen) atoms. The number of sulfonamides is 1. The molecule has 4 bridgehead atoms. The summed E-state index contributed by atoms with van der Waals surface area (Å²) >= 11 is 0. The Morgan fingerprint density at radius 2 is 1.60 bits per heavy atom. The van der Waals surface area contributed by atoms with Crippen LogP contribution < -0.4 is 14.2 Å². The first-order valence-electron chi connectivity index (χ1n) is 15.9. The van der Waals surface area contributed by atoms with Gasteiger partial charge in [0.15, 0.2) is 5.75 Å². The molecule has 1 N–H and O–H groups in total. The lowest BCUT2D eigenvalue weighted by atomic mass is 9.87. The van der Waals surface area contributed by atoms with Crippen LogP contribution in [0.2, 0.25) is 0 Å². The second-order valence-corrected chi connectivity index (χ2v) is 16.3. The molecule has 5 rings (SSSR count). The summed E-state index contributed by atoms with van der Waals surface area (Å²) in [6.45, 7) is 17.1. The van der Waals surface area contributed by atoms with Gasteiger partial charge in [0.25, 0.3) is 15.9 Å². The number of nitrogens with one attached hydrogen (secondary N) is 1. The van der Waals surface area contributed by atoms with Gasteiger partial charge >= 0.3 is 0 Å². The Balaban J connectivity index is 1.60. The van der Waals surface area contributed by atoms with Gasteiger partial charge in [0.2, 0.25) is 11.8 Å². The third kappa shape index (κ3) is 8.66. The van der Waals surface area contributed by atoms with Crippen molar-refractivity contribution in [1.82, 2.24) is 24.8 Å². The summed E-state index contributed by atoms with van der Waals surface area (Å²) in [4.78, 5) is 34.0. The van der Waals surface area contributed by atoms with E-state index in [4.69, 9.17) is 9.47 Å². The molecule has 2 aromatic heterocycles. The van der Waals surface area contributed by atoms with Crippen molar-refractivity contribution in [3.63, 3.8) is 0 Å². The molecule has 11 nitrogen and oxygen atoms in total. The molecule has 4 aromatic rings. The van der Waals surface area contributed by atoms with Crippen molar-refractivity contribution < 1.29 is 22.7 Å². The quantitative estimate of drug-likeness (QED) is 0.240. The number of rotatable bonds is 6. The van der Waals surface area contributed by atoms with Crippen LogP contribution in [0.15, 0.2) is 65.8 Å². The van der Waals surface area contributed by atoms with Crippen molar-refractivity contribution in [2.24, 2.45) is 10.8 Å². The van der Waals surface area contributed by atoms with E-state index in [0.29, 0.717) is 30.3 Å². The lowest BCUT2D eigenvalue weighted by Gasteiger charge is -2.35. The normalized spacial score (nSPS) is 16.5. The topological polar surface area (TPSA) is 136 Å². The van der Waals surface area contributed by atoms with Crippen molar-refractivity contribution in [3.8, 4) is 22.9 Å². The first-order chi connectivity index (χ1) is 22.5. The van der Waals surface area contributed by atoms with Crippen LogP contribution >= 0.6 is 0 Å². The third-order valence-corrected chi connectivity index (χ3v) is 9.02. The average Bonchev–Trinajstić information content (AvgIpc) is 3.00. The van der Waals surface area contributed by atoms with Gasteiger partial charge < -0.3 is 14.4 Å². The van der Waals surface area contributed by atoms with E-state index in [0.717, 1.165) is 16.7 Å². The first-order valence-corrected chi connectivity index (χ1v) is 17.4. The SMILES string of the molecule is Cc1cccc(C)c1-c1cc2nc(n1)NS(=O)(=O)c1cccc(c1)C(=O)N(Cc1ncc(OCC(C)(C)C)cn1)[C@H](CC(C)(C)C)CO2. The van der Waals surface area contributed by atoms with Crippen molar-refractivity contribution in [3.05, 3.63) is 83.4 Å². The van der Waals surface area contributed by atoms with Gasteiger partial charge in [-0.2, -0.15) is 4.98 Å². The Hall–Kier alpha value is -4.58. The highest BCUT2D eigenvalue weighted by atomic mass is 32.2. The number of carbonyl (C=O) groups is 1. The number of anilines is 1. The van der Waals surface area contributed by atoms with E-state index in [1.807, 2.05) is 32.0 Å². The molecule has 1 atom stereocenters. The van der Waals surface area contributed by atoms with Crippen LogP contribution in [0.4, 0.5) is 5.95 Å². The number of nitrogens with zero attached hydrogens (tertiary/aromatic N) is 5. The molecule has 0 radical (unpaired) electrons. The lowest BCUT2D eigenvalue weighted by Crippen LogP contribution is -2.45. The molecule has 0 saturated heterocycles. The van der Waals surface area contributed by atoms with Gasteiger partial charge in [-0.05, 0) is 60.4 Å². The van der Waals surface area contributed by atoms with E-state index < -0.39 is 16.1 Å². The zero-order valence-electron chi connectivity index (χ0n) is 28.9. The molecule has 0 aliphatic carbocycles. The number of aromatic nitrogens is 4. The molecule has 3 heterocycles. The van der Waals surface area contributed by atoms with Gasteiger partial charge in [0.05, 0.1) is 42.2 Å². The average molecular weight is 673 g/mol. The largest absolute Gasteiger partial charge is 0.490 e. The number of aryl methyl sites for hydroxylation is 2. The minimum Gasteiger partial charge on any atom is -0.490 e. The van der Waals surface area contributed by atoms with Crippen LogP contribution in [-0.4, -0.2) is 58.4 Å². The van der Waals surface area contributed by atoms with Crippen LogP contribution in [0.25, 0.3) is 11.3 Å². The highest BCUT2D eigenvalue weighted by Gasteiger charge is 2.32. The fraction of sp³-hybridized carbons (Fsp3) is 0.417. The molecular weight excluding hydrogens is 629 g/mol. The van der Waals surface area contributed by atoms with Crippen molar-refractivity contribution >= 4 is 21.9 Å². The summed E-state index contributed by atoms with van der Waals surface area (Å²) in [5.74, 6) is 0.600. The van der Waals surface area contributed by atoms with Gasteiger partial charge in [-0.25, -0.2) is 28.1 Å². The molecular formula is C36H44N6O5S. The molecule has 0 fully saturated rings. The molecule has 1 aliphatic rings.